The highest BCUT2D eigenvalue weighted by atomic mass is 35.5. The molecule has 5 nitrogen and oxygen atoms in total. The average Bonchev–Trinajstić information content (AvgIpc) is 2.99. The Bertz CT molecular complexity index is 934. The smallest absolute Gasteiger partial charge is 0.260 e. The Labute approximate surface area is 161 Å². The van der Waals surface area contributed by atoms with Gasteiger partial charge in [-0.05, 0) is 37.6 Å². The molecule has 7 heteroatoms. The van der Waals surface area contributed by atoms with E-state index in [9.17, 15) is 9.90 Å². The van der Waals surface area contributed by atoms with Crippen molar-refractivity contribution in [3.05, 3.63) is 50.8 Å². The van der Waals surface area contributed by atoms with Crippen LogP contribution in [0.3, 0.4) is 0 Å². The number of rotatable bonds is 7. The number of aliphatic hydroxyl groups excluding tert-OH is 1. The first-order valence-electron chi connectivity index (χ1n) is 8.64. The number of halogens is 1. The van der Waals surface area contributed by atoms with Gasteiger partial charge >= 0.3 is 0 Å². The minimum atomic E-state index is -0.421. The summed E-state index contributed by atoms with van der Waals surface area (Å²) in [6.07, 6.45) is 0.550. The number of aromatic nitrogens is 2. The normalized spacial score (nSPS) is 12.8. The maximum atomic E-state index is 12.7. The molecule has 2 N–H and O–H groups in total. The van der Waals surface area contributed by atoms with Crippen LogP contribution in [-0.2, 0) is 6.54 Å². The fourth-order valence-electron chi connectivity index (χ4n) is 3.05. The number of hydrogen-bond donors (Lipinski definition) is 2. The third-order valence-corrected chi connectivity index (χ3v) is 5.21. The van der Waals surface area contributed by atoms with E-state index in [1.807, 2.05) is 29.6 Å². The standard InChI is InChI=1S/C19H22ClN3O2S/c1-3-8-23(9-12(2)24)10-16-21-18(25)17-15(11-26-19(17)22-16)13-4-6-14(20)7-5-13/h4-7,11-12,24H,3,8-10H2,1-2H3,(H,21,22,25). The Morgan fingerprint density at radius 1 is 1.35 bits per heavy atom. The van der Waals surface area contributed by atoms with Crippen LogP contribution in [0.5, 0.6) is 0 Å². The molecule has 2 aromatic heterocycles. The van der Waals surface area contributed by atoms with E-state index in [-0.39, 0.29) is 5.56 Å². The molecule has 26 heavy (non-hydrogen) atoms. The van der Waals surface area contributed by atoms with Gasteiger partial charge in [0.25, 0.3) is 5.56 Å². The molecule has 138 valence electrons. The van der Waals surface area contributed by atoms with Gasteiger partial charge in [0, 0.05) is 22.5 Å². The molecule has 0 spiro atoms. The highest BCUT2D eigenvalue weighted by Crippen LogP contribution is 2.31. The van der Waals surface area contributed by atoms with Gasteiger partial charge in [-0.25, -0.2) is 4.98 Å². The Balaban J connectivity index is 1.94. The van der Waals surface area contributed by atoms with E-state index in [0.717, 1.165) is 28.9 Å². The summed E-state index contributed by atoms with van der Waals surface area (Å²) in [7, 11) is 0. The molecule has 0 aliphatic heterocycles. The van der Waals surface area contributed by atoms with Crippen LogP contribution in [0.25, 0.3) is 21.3 Å². The number of benzene rings is 1. The Hall–Kier alpha value is -1.73. The van der Waals surface area contributed by atoms with Crippen molar-refractivity contribution in [3.63, 3.8) is 0 Å². The Kier molecular flexibility index (Phi) is 6.09. The second-order valence-electron chi connectivity index (χ2n) is 6.43. The van der Waals surface area contributed by atoms with Crippen molar-refractivity contribution in [2.24, 2.45) is 0 Å². The molecule has 1 atom stereocenters. The van der Waals surface area contributed by atoms with Crippen molar-refractivity contribution in [2.45, 2.75) is 32.9 Å². The lowest BCUT2D eigenvalue weighted by molar-refractivity contribution is 0.121. The summed E-state index contributed by atoms with van der Waals surface area (Å²) in [5.74, 6) is 0.626. The van der Waals surface area contributed by atoms with Gasteiger partial charge in [0.05, 0.1) is 18.0 Å². The third-order valence-electron chi connectivity index (χ3n) is 4.08. The van der Waals surface area contributed by atoms with E-state index in [1.165, 1.54) is 11.3 Å². The van der Waals surface area contributed by atoms with Crippen molar-refractivity contribution in [1.82, 2.24) is 14.9 Å². The molecule has 0 saturated heterocycles. The van der Waals surface area contributed by atoms with Crippen LogP contribution < -0.4 is 5.56 Å². The quantitative estimate of drug-likeness (QED) is 0.640. The molecule has 0 aliphatic carbocycles. The molecule has 0 aliphatic rings. The van der Waals surface area contributed by atoms with Crippen LogP contribution in [0.1, 0.15) is 26.1 Å². The lowest BCUT2D eigenvalue weighted by atomic mass is 10.1. The molecule has 0 bridgehead atoms. The lowest BCUT2D eigenvalue weighted by Gasteiger charge is -2.22. The Morgan fingerprint density at radius 2 is 2.08 bits per heavy atom. The predicted octanol–water partition coefficient (Wildman–Crippen LogP) is 3.90. The van der Waals surface area contributed by atoms with E-state index in [0.29, 0.717) is 29.3 Å². The van der Waals surface area contributed by atoms with Gasteiger partial charge in [-0.2, -0.15) is 0 Å². The number of aromatic amines is 1. The second kappa shape index (κ2) is 8.31. The van der Waals surface area contributed by atoms with Gasteiger partial charge in [-0.1, -0.05) is 30.7 Å². The number of nitrogens with zero attached hydrogens (tertiary/aromatic N) is 2. The summed E-state index contributed by atoms with van der Waals surface area (Å²) in [5.41, 5.74) is 1.68. The molecule has 0 saturated carbocycles. The van der Waals surface area contributed by atoms with Crippen molar-refractivity contribution < 1.29 is 5.11 Å². The predicted molar refractivity (Wildman–Crippen MR) is 108 cm³/mol. The highest BCUT2D eigenvalue weighted by molar-refractivity contribution is 7.17. The maximum Gasteiger partial charge on any atom is 0.260 e. The number of H-pyrrole nitrogens is 1. The largest absolute Gasteiger partial charge is 0.392 e. The van der Waals surface area contributed by atoms with Crippen LogP contribution in [-0.4, -0.2) is 39.2 Å². The summed E-state index contributed by atoms with van der Waals surface area (Å²) >= 11 is 7.42. The lowest BCUT2D eigenvalue weighted by Crippen LogP contribution is -2.32. The zero-order valence-corrected chi connectivity index (χ0v) is 16.4. The minimum absolute atomic E-state index is 0.135. The topological polar surface area (TPSA) is 69.2 Å². The van der Waals surface area contributed by atoms with Gasteiger partial charge in [-0.15, -0.1) is 11.3 Å². The summed E-state index contributed by atoms with van der Waals surface area (Å²) in [6.45, 7) is 5.76. The number of aliphatic hydroxyl groups is 1. The zero-order chi connectivity index (χ0) is 18.7. The molecule has 0 fully saturated rings. The average molecular weight is 392 g/mol. The molecular weight excluding hydrogens is 370 g/mol. The van der Waals surface area contributed by atoms with E-state index in [2.05, 4.69) is 21.8 Å². The van der Waals surface area contributed by atoms with Gasteiger partial charge in [-0.3, -0.25) is 9.69 Å². The first kappa shape index (κ1) is 19.0. The second-order valence-corrected chi connectivity index (χ2v) is 7.73. The fraction of sp³-hybridized carbons (Fsp3) is 0.368. The molecular formula is C19H22ClN3O2S. The minimum Gasteiger partial charge on any atom is -0.392 e. The third kappa shape index (κ3) is 4.32. The van der Waals surface area contributed by atoms with Crippen LogP contribution in [0.4, 0.5) is 0 Å². The van der Waals surface area contributed by atoms with Gasteiger partial charge in [0.2, 0.25) is 0 Å². The molecule has 3 aromatic rings. The van der Waals surface area contributed by atoms with E-state index in [4.69, 9.17) is 11.6 Å². The molecule has 1 unspecified atom stereocenters. The monoisotopic (exact) mass is 391 g/mol. The van der Waals surface area contributed by atoms with Gasteiger partial charge in [0.1, 0.15) is 10.7 Å². The summed E-state index contributed by atoms with van der Waals surface area (Å²) < 4.78 is 0. The van der Waals surface area contributed by atoms with Crippen molar-refractivity contribution in [3.8, 4) is 11.1 Å². The van der Waals surface area contributed by atoms with Crippen molar-refractivity contribution in [1.29, 1.82) is 0 Å². The SMILES string of the molecule is CCCN(Cc1nc2scc(-c3ccc(Cl)cc3)c2c(=O)[nH]1)CC(C)O. The first-order valence-corrected chi connectivity index (χ1v) is 9.90. The molecule has 1 aromatic carbocycles. The number of hydrogen-bond acceptors (Lipinski definition) is 5. The number of thiophene rings is 1. The van der Waals surface area contributed by atoms with Gasteiger partial charge in [0.15, 0.2) is 0 Å². The summed E-state index contributed by atoms with van der Waals surface area (Å²) in [6, 6.07) is 7.44. The maximum absolute atomic E-state index is 12.7. The molecule has 0 radical (unpaired) electrons. The van der Waals surface area contributed by atoms with Crippen LogP contribution in [0.15, 0.2) is 34.4 Å². The zero-order valence-electron chi connectivity index (χ0n) is 14.8. The summed E-state index contributed by atoms with van der Waals surface area (Å²) in [5, 5.41) is 12.9. The van der Waals surface area contributed by atoms with Gasteiger partial charge < -0.3 is 10.1 Å². The highest BCUT2D eigenvalue weighted by Gasteiger charge is 2.15. The number of fused-ring (bicyclic) bond motifs is 1. The molecule has 0 amide bonds. The molecule has 2 heterocycles. The Morgan fingerprint density at radius 3 is 2.73 bits per heavy atom. The van der Waals surface area contributed by atoms with Crippen molar-refractivity contribution >= 4 is 33.2 Å². The van der Waals surface area contributed by atoms with Crippen LogP contribution >= 0.6 is 22.9 Å². The van der Waals surface area contributed by atoms with E-state index >= 15 is 0 Å². The van der Waals surface area contributed by atoms with E-state index in [1.54, 1.807) is 6.92 Å². The first-order chi connectivity index (χ1) is 12.5. The summed E-state index contributed by atoms with van der Waals surface area (Å²) in [4.78, 5) is 23.1. The van der Waals surface area contributed by atoms with E-state index < -0.39 is 6.10 Å². The number of nitrogens with one attached hydrogen (secondary N) is 1. The van der Waals surface area contributed by atoms with Crippen molar-refractivity contribution in [2.75, 3.05) is 13.1 Å². The fourth-order valence-corrected chi connectivity index (χ4v) is 4.14. The molecule has 3 rings (SSSR count). The van der Waals surface area contributed by atoms with Crippen LogP contribution in [0.2, 0.25) is 5.02 Å². The van der Waals surface area contributed by atoms with Crippen LogP contribution in [0, 0.1) is 0 Å².